The minimum absolute atomic E-state index is 0.248. The average molecular weight is 261 g/mol. The number of carbonyl (C=O) groups is 1. The van der Waals surface area contributed by atoms with Gasteiger partial charge in [-0.05, 0) is 44.2 Å². The van der Waals surface area contributed by atoms with Gasteiger partial charge in [0.2, 0.25) is 0 Å². The van der Waals surface area contributed by atoms with Crippen LogP contribution in [0.25, 0.3) is 0 Å². The summed E-state index contributed by atoms with van der Waals surface area (Å²) in [4.78, 5) is 11.8. The van der Waals surface area contributed by atoms with Gasteiger partial charge < -0.3 is 5.32 Å². The van der Waals surface area contributed by atoms with E-state index in [1.165, 1.54) is 38.5 Å². The van der Waals surface area contributed by atoms with Gasteiger partial charge in [0.15, 0.2) is 5.78 Å². The zero-order chi connectivity index (χ0) is 13.1. The first-order chi connectivity index (χ1) is 9.31. The summed E-state index contributed by atoms with van der Waals surface area (Å²) in [6, 6.07) is 2.56. The van der Waals surface area contributed by atoms with E-state index in [1.807, 2.05) is 12.3 Å². The van der Waals surface area contributed by atoms with Crippen LogP contribution in [0.3, 0.4) is 0 Å². The monoisotopic (exact) mass is 261 g/mol. The van der Waals surface area contributed by atoms with E-state index in [0.29, 0.717) is 19.0 Å². The van der Waals surface area contributed by atoms with E-state index in [-0.39, 0.29) is 5.78 Å². The fraction of sp³-hybridized carbons (Fsp3) is 0.733. The largest absolute Gasteiger partial charge is 0.310 e. The Morgan fingerprint density at radius 2 is 2.11 bits per heavy atom. The number of carbonyl (C=O) groups excluding carboxylic acids is 1. The third kappa shape index (κ3) is 3.66. The maximum absolute atomic E-state index is 11.8. The average Bonchev–Trinajstić information content (AvgIpc) is 2.91. The Morgan fingerprint density at radius 1 is 1.32 bits per heavy atom. The highest BCUT2D eigenvalue weighted by atomic mass is 16.1. The Bertz CT molecular complexity index is 430. The fourth-order valence-corrected chi connectivity index (χ4v) is 2.85. The molecule has 0 radical (unpaired) electrons. The second-order valence-electron chi connectivity index (χ2n) is 6.02. The molecule has 0 bridgehead atoms. The highest BCUT2D eigenvalue weighted by Crippen LogP contribution is 2.29. The molecule has 4 heteroatoms. The van der Waals surface area contributed by atoms with Crippen LogP contribution >= 0.6 is 0 Å². The minimum atomic E-state index is 0.248. The number of hydrogen-bond donors (Lipinski definition) is 1. The molecule has 0 spiro atoms. The van der Waals surface area contributed by atoms with Gasteiger partial charge in [-0.1, -0.05) is 12.8 Å². The van der Waals surface area contributed by atoms with Crippen LogP contribution < -0.4 is 5.32 Å². The van der Waals surface area contributed by atoms with E-state index in [1.54, 1.807) is 0 Å². The first kappa shape index (κ1) is 12.9. The molecule has 2 aliphatic carbocycles. The molecule has 0 atom stereocenters. The molecule has 2 saturated carbocycles. The topological polar surface area (TPSA) is 46.9 Å². The summed E-state index contributed by atoms with van der Waals surface area (Å²) in [5, 5.41) is 7.80. The van der Waals surface area contributed by atoms with Gasteiger partial charge >= 0.3 is 0 Å². The summed E-state index contributed by atoms with van der Waals surface area (Å²) in [5.74, 6) is 1.08. The standard InChI is InChI=1S/C15H23N3O/c19-15(11-16-10-12-5-6-12)9-13-7-8-18(17-13)14-3-1-2-4-14/h7-8,12,14,16H,1-6,9-11H2. The first-order valence-electron chi connectivity index (χ1n) is 7.58. The second kappa shape index (κ2) is 5.87. The lowest BCUT2D eigenvalue weighted by molar-refractivity contribution is -0.117. The molecule has 104 valence electrons. The van der Waals surface area contributed by atoms with Gasteiger partial charge in [0, 0.05) is 6.20 Å². The molecule has 4 nitrogen and oxygen atoms in total. The lowest BCUT2D eigenvalue weighted by Gasteiger charge is -2.08. The van der Waals surface area contributed by atoms with Crippen LogP contribution in [0.1, 0.15) is 50.3 Å². The number of rotatable bonds is 7. The van der Waals surface area contributed by atoms with Gasteiger partial charge in [-0.3, -0.25) is 9.48 Å². The number of nitrogens with one attached hydrogen (secondary N) is 1. The van der Waals surface area contributed by atoms with Gasteiger partial charge in [0.05, 0.1) is 24.7 Å². The number of aromatic nitrogens is 2. The SMILES string of the molecule is O=C(CNCC1CC1)Cc1ccn(C2CCCC2)n1. The molecule has 19 heavy (non-hydrogen) atoms. The molecule has 1 heterocycles. The number of ketones is 1. The molecule has 0 unspecified atom stereocenters. The minimum Gasteiger partial charge on any atom is -0.310 e. The van der Waals surface area contributed by atoms with E-state index in [4.69, 9.17) is 0 Å². The maximum atomic E-state index is 11.8. The van der Waals surface area contributed by atoms with Crippen LogP contribution in [-0.2, 0) is 11.2 Å². The smallest absolute Gasteiger partial charge is 0.152 e. The molecular formula is C15H23N3O. The zero-order valence-electron chi connectivity index (χ0n) is 11.5. The number of Topliss-reactive ketones (excluding diaryl/α,β-unsaturated/α-hetero) is 1. The second-order valence-corrected chi connectivity index (χ2v) is 6.02. The maximum Gasteiger partial charge on any atom is 0.152 e. The van der Waals surface area contributed by atoms with Crippen LogP contribution in [0.4, 0.5) is 0 Å². The van der Waals surface area contributed by atoms with Crippen molar-refractivity contribution in [1.82, 2.24) is 15.1 Å². The van der Waals surface area contributed by atoms with Crippen LogP contribution in [0, 0.1) is 5.92 Å². The molecule has 1 N–H and O–H groups in total. The van der Waals surface area contributed by atoms with Crippen molar-refractivity contribution in [2.45, 2.75) is 51.0 Å². The van der Waals surface area contributed by atoms with E-state index in [2.05, 4.69) is 15.1 Å². The molecule has 2 aliphatic rings. The van der Waals surface area contributed by atoms with Gasteiger partial charge in [-0.25, -0.2) is 0 Å². The van der Waals surface area contributed by atoms with Gasteiger partial charge in [-0.2, -0.15) is 5.10 Å². The van der Waals surface area contributed by atoms with Crippen molar-refractivity contribution in [2.24, 2.45) is 5.92 Å². The van der Waals surface area contributed by atoms with Crippen molar-refractivity contribution in [2.75, 3.05) is 13.1 Å². The lowest BCUT2D eigenvalue weighted by Crippen LogP contribution is -2.26. The molecular weight excluding hydrogens is 238 g/mol. The number of nitrogens with zero attached hydrogens (tertiary/aromatic N) is 2. The predicted octanol–water partition coefficient (Wildman–Crippen LogP) is 2.11. The normalized spacial score (nSPS) is 20.0. The van der Waals surface area contributed by atoms with Gasteiger partial charge in [-0.15, -0.1) is 0 Å². The Labute approximate surface area is 114 Å². The Hall–Kier alpha value is -1.16. The molecule has 3 rings (SSSR count). The van der Waals surface area contributed by atoms with E-state index in [9.17, 15) is 4.79 Å². The zero-order valence-corrected chi connectivity index (χ0v) is 11.5. The third-order valence-electron chi connectivity index (χ3n) is 4.19. The highest BCUT2D eigenvalue weighted by Gasteiger charge is 2.21. The van der Waals surface area contributed by atoms with Crippen molar-refractivity contribution in [3.8, 4) is 0 Å². The molecule has 0 amide bonds. The Morgan fingerprint density at radius 3 is 2.84 bits per heavy atom. The first-order valence-corrected chi connectivity index (χ1v) is 7.58. The van der Waals surface area contributed by atoms with Crippen LogP contribution in [0.5, 0.6) is 0 Å². The highest BCUT2D eigenvalue weighted by molar-refractivity contribution is 5.82. The fourth-order valence-electron chi connectivity index (χ4n) is 2.85. The summed E-state index contributed by atoms with van der Waals surface area (Å²) in [6.45, 7) is 1.50. The van der Waals surface area contributed by atoms with Gasteiger partial charge in [0.25, 0.3) is 0 Å². The molecule has 0 aromatic carbocycles. The van der Waals surface area contributed by atoms with Crippen molar-refractivity contribution < 1.29 is 4.79 Å². The van der Waals surface area contributed by atoms with E-state index >= 15 is 0 Å². The predicted molar refractivity (Wildman–Crippen MR) is 74.0 cm³/mol. The molecule has 0 aliphatic heterocycles. The molecule has 1 aromatic heterocycles. The summed E-state index contributed by atoms with van der Waals surface area (Å²) in [7, 11) is 0. The summed E-state index contributed by atoms with van der Waals surface area (Å²) < 4.78 is 2.06. The summed E-state index contributed by atoms with van der Waals surface area (Å²) in [5.41, 5.74) is 0.921. The third-order valence-corrected chi connectivity index (χ3v) is 4.19. The van der Waals surface area contributed by atoms with E-state index < -0.39 is 0 Å². The van der Waals surface area contributed by atoms with Gasteiger partial charge in [0.1, 0.15) is 0 Å². The summed E-state index contributed by atoms with van der Waals surface area (Å²) >= 11 is 0. The Balaban J connectivity index is 1.44. The van der Waals surface area contributed by atoms with Crippen LogP contribution in [0.2, 0.25) is 0 Å². The van der Waals surface area contributed by atoms with Crippen molar-refractivity contribution in [3.63, 3.8) is 0 Å². The molecule has 2 fully saturated rings. The lowest BCUT2D eigenvalue weighted by atomic mass is 10.2. The van der Waals surface area contributed by atoms with Crippen molar-refractivity contribution >= 4 is 5.78 Å². The van der Waals surface area contributed by atoms with Crippen LogP contribution in [0.15, 0.2) is 12.3 Å². The molecule has 0 saturated heterocycles. The Kier molecular flexibility index (Phi) is 3.97. The van der Waals surface area contributed by atoms with Crippen molar-refractivity contribution in [3.05, 3.63) is 18.0 Å². The van der Waals surface area contributed by atoms with E-state index in [0.717, 1.165) is 18.2 Å². The van der Waals surface area contributed by atoms with Crippen molar-refractivity contribution in [1.29, 1.82) is 0 Å². The quantitative estimate of drug-likeness (QED) is 0.817. The number of hydrogen-bond acceptors (Lipinski definition) is 3. The van der Waals surface area contributed by atoms with Crippen LogP contribution in [-0.4, -0.2) is 28.7 Å². The molecule has 1 aromatic rings. The summed E-state index contributed by atoms with van der Waals surface area (Å²) in [6.07, 6.45) is 10.2.